The van der Waals surface area contributed by atoms with Crippen LogP contribution in [0.15, 0.2) is 66.7 Å². The predicted octanol–water partition coefficient (Wildman–Crippen LogP) is 3.33. The molecule has 0 atom stereocenters. The summed E-state index contributed by atoms with van der Waals surface area (Å²) in [5.41, 5.74) is 7.23. The first-order chi connectivity index (χ1) is 11.2. The van der Waals surface area contributed by atoms with Crippen molar-refractivity contribution in [3.05, 3.63) is 77.9 Å². The average molecular weight is 303 g/mol. The highest BCUT2D eigenvalue weighted by Gasteiger charge is 2.11. The van der Waals surface area contributed by atoms with Gasteiger partial charge in [-0.3, -0.25) is 10.2 Å². The van der Waals surface area contributed by atoms with E-state index in [0.717, 1.165) is 22.5 Å². The van der Waals surface area contributed by atoms with Crippen molar-refractivity contribution < 1.29 is 4.79 Å². The summed E-state index contributed by atoms with van der Waals surface area (Å²) >= 11 is 0. The lowest BCUT2D eigenvalue weighted by atomic mass is 10.0. The molecule has 0 unspecified atom stereocenters. The molecule has 1 amide bonds. The summed E-state index contributed by atoms with van der Waals surface area (Å²) in [7, 11) is 0. The minimum Gasteiger partial charge on any atom is -0.290 e. The molecule has 0 saturated heterocycles. The lowest BCUT2D eigenvalue weighted by Crippen LogP contribution is -2.30. The fraction of sp³-hybridized carbons (Fsp3) is 0.0526. The monoisotopic (exact) mass is 303 g/mol. The van der Waals surface area contributed by atoms with Gasteiger partial charge in [0.15, 0.2) is 0 Å². The van der Waals surface area contributed by atoms with Crippen LogP contribution in [0.25, 0.3) is 22.5 Å². The van der Waals surface area contributed by atoms with Crippen LogP contribution < -0.4 is 11.3 Å². The Morgan fingerprint density at radius 3 is 2.04 bits per heavy atom. The molecule has 23 heavy (non-hydrogen) atoms. The summed E-state index contributed by atoms with van der Waals surface area (Å²) in [6, 6.07) is 21.3. The molecule has 114 valence electrons. The Balaban J connectivity index is 2.15. The summed E-state index contributed by atoms with van der Waals surface area (Å²) in [5.74, 6) is 4.95. The number of nitrogens with one attached hydrogen (secondary N) is 1. The molecule has 4 heteroatoms. The number of carbonyl (C=O) groups excluding carboxylic acids is 1. The largest absolute Gasteiger partial charge is 0.290 e. The van der Waals surface area contributed by atoms with Crippen molar-refractivity contribution >= 4 is 5.91 Å². The maximum absolute atomic E-state index is 12.0. The standard InChI is InChI=1S/C19H17N3O/c1-13-7-9-15(10-8-13)18-12-16(19(23)22-20)11-17(21-18)14-5-3-2-4-6-14/h2-12H,20H2,1H3,(H,22,23). The van der Waals surface area contributed by atoms with Crippen LogP contribution in [-0.4, -0.2) is 10.9 Å². The van der Waals surface area contributed by atoms with Gasteiger partial charge < -0.3 is 0 Å². The molecule has 1 heterocycles. The number of rotatable bonds is 3. The number of nitrogens with two attached hydrogens (primary N) is 1. The van der Waals surface area contributed by atoms with Crippen LogP contribution in [0.2, 0.25) is 0 Å². The SMILES string of the molecule is Cc1ccc(-c2cc(C(=O)NN)cc(-c3ccccc3)n2)cc1. The zero-order valence-corrected chi connectivity index (χ0v) is 12.8. The summed E-state index contributed by atoms with van der Waals surface area (Å²) in [4.78, 5) is 16.7. The van der Waals surface area contributed by atoms with Gasteiger partial charge in [0.1, 0.15) is 0 Å². The molecule has 2 aromatic carbocycles. The highest BCUT2D eigenvalue weighted by Crippen LogP contribution is 2.25. The van der Waals surface area contributed by atoms with E-state index in [4.69, 9.17) is 10.8 Å². The normalized spacial score (nSPS) is 10.3. The summed E-state index contributed by atoms with van der Waals surface area (Å²) in [6.07, 6.45) is 0. The lowest BCUT2D eigenvalue weighted by molar-refractivity contribution is 0.0953. The van der Waals surface area contributed by atoms with Gasteiger partial charge in [0, 0.05) is 16.7 Å². The Kier molecular flexibility index (Phi) is 4.17. The number of nitrogens with zero attached hydrogens (tertiary/aromatic N) is 1. The van der Waals surface area contributed by atoms with E-state index in [1.165, 1.54) is 5.56 Å². The van der Waals surface area contributed by atoms with Gasteiger partial charge in [-0.05, 0) is 19.1 Å². The van der Waals surface area contributed by atoms with E-state index in [1.807, 2.05) is 61.5 Å². The molecule has 0 aliphatic rings. The van der Waals surface area contributed by atoms with Crippen molar-refractivity contribution in [2.24, 2.45) is 5.84 Å². The Labute approximate surface area is 135 Å². The predicted molar refractivity (Wildman–Crippen MR) is 91.5 cm³/mol. The number of hydrazine groups is 1. The number of carbonyl (C=O) groups is 1. The zero-order valence-electron chi connectivity index (χ0n) is 12.8. The van der Waals surface area contributed by atoms with E-state index in [0.29, 0.717) is 5.56 Å². The average Bonchev–Trinajstić information content (AvgIpc) is 2.62. The van der Waals surface area contributed by atoms with Gasteiger partial charge in [-0.1, -0.05) is 60.2 Å². The second-order valence-electron chi connectivity index (χ2n) is 5.33. The van der Waals surface area contributed by atoms with Crippen LogP contribution in [-0.2, 0) is 0 Å². The minimum absolute atomic E-state index is 0.335. The molecule has 1 aromatic heterocycles. The molecule has 0 bridgehead atoms. The number of hydrogen-bond donors (Lipinski definition) is 2. The first-order valence-corrected chi connectivity index (χ1v) is 7.33. The number of pyridine rings is 1. The second kappa shape index (κ2) is 6.42. The summed E-state index contributed by atoms with van der Waals surface area (Å²) in [6.45, 7) is 2.03. The highest BCUT2D eigenvalue weighted by atomic mass is 16.2. The fourth-order valence-corrected chi connectivity index (χ4v) is 2.37. The van der Waals surface area contributed by atoms with Crippen molar-refractivity contribution in [1.29, 1.82) is 0 Å². The molecular formula is C19H17N3O. The van der Waals surface area contributed by atoms with Crippen molar-refractivity contribution in [2.75, 3.05) is 0 Å². The van der Waals surface area contributed by atoms with E-state index in [1.54, 1.807) is 12.1 Å². The van der Waals surface area contributed by atoms with Crippen LogP contribution in [0, 0.1) is 6.92 Å². The zero-order chi connectivity index (χ0) is 16.2. The van der Waals surface area contributed by atoms with Gasteiger partial charge in [-0.25, -0.2) is 10.8 Å². The molecule has 0 aliphatic heterocycles. The van der Waals surface area contributed by atoms with E-state index in [-0.39, 0.29) is 5.91 Å². The Hall–Kier alpha value is -2.98. The lowest BCUT2D eigenvalue weighted by Gasteiger charge is -2.09. The Bertz CT molecular complexity index is 827. The number of benzene rings is 2. The van der Waals surface area contributed by atoms with Gasteiger partial charge >= 0.3 is 0 Å². The quantitative estimate of drug-likeness (QED) is 0.443. The Morgan fingerprint density at radius 2 is 1.48 bits per heavy atom. The third-order valence-electron chi connectivity index (χ3n) is 3.64. The van der Waals surface area contributed by atoms with Gasteiger partial charge in [0.05, 0.1) is 11.4 Å². The molecule has 4 nitrogen and oxygen atoms in total. The summed E-state index contributed by atoms with van der Waals surface area (Å²) in [5, 5.41) is 0. The molecule has 3 N–H and O–H groups in total. The number of aromatic nitrogens is 1. The van der Waals surface area contributed by atoms with E-state index >= 15 is 0 Å². The first-order valence-electron chi connectivity index (χ1n) is 7.33. The molecular weight excluding hydrogens is 286 g/mol. The van der Waals surface area contributed by atoms with Crippen LogP contribution in [0.3, 0.4) is 0 Å². The van der Waals surface area contributed by atoms with Crippen molar-refractivity contribution in [1.82, 2.24) is 10.4 Å². The van der Waals surface area contributed by atoms with Crippen LogP contribution in [0.5, 0.6) is 0 Å². The summed E-state index contributed by atoms with van der Waals surface area (Å²) < 4.78 is 0. The number of hydrogen-bond acceptors (Lipinski definition) is 3. The van der Waals surface area contributed by atoms with Crippen LogP contribution >= 0.6 is 0 Å². The van der Waals surface area contributed by atoms with Crippen molar-refractivity contribution in [3.63, 3.8) is 0 Å². The molecule has 0 aliphatic carbocycles. The number of amides is 1. The van der Waals surface area contributed by atoms with E-state index in [2.05, 4.69) is 5.43 Å². The topological polar surface area (TPSA) is 68.0 Å². The maximum atomic E-state index is 12.0. The van der Waals surface area contributed by atoms with E-state index in [9.17, 15) is 4.79 Å². The van der Waals surface area contributed by atoms with Gasteiger partial charge in [0.25, 0.3) is 5.91 Å². The van der Waals surface area contributed by atoms with Crippen molar-refractivity contribution in [2.45, 2.75) is 6.92 Å². The van der Waals surface area contributed by atoms with Gasteiger partial charge in [0.2, 0.25) is 0 Å². The maximum Gasteiger partial charge on any atom is 0.265 e. The molecule has 0 saturated carbocycles. The highest BCUT2D eigenvalue weighted by molar-refractivity contribution is 5.96. The van der Waals surface area contributed by atoms with Gasteiger partial charge in [-0.15, -0.1) is 0 Å². The van der Waals surface area contributed by atoms with E-state index < -0.39 is 0 Å². The fourth-order valence-electron chi connectivity index (χ4n) is 2.37. The number of aryl methyl sites for hydroxylation is 1. The van der Waals surface area contributed by atoms with Gasteiger partial charge in [-0.2, -0.15) is 0 Å². The minimum atomic E-state index is -0.335. The molecule has 3 aromatic rings. The molecule has 0 spiro atoms. The van der Waals surface area contributed by atoms with Crippen LogP contribution in [0.4, 0.5) is 0 Å². The number of nitrogen functional groups attached to an aromatic ring is 1. The molecule has 3 rings (SSSR count). The smallest absolute Gasteiger partial charge is 0.265 e. The Morgan fingerprint density at radius 1 is 0.913 bits per heavy atom. The first kappa shape index (κ1) is 14.9. The third kappa shape index (κ3) is 3.27. The second-order valence-corrected chi connectivity index (χ2v) is 5.33. The van der Waals surface area contributed by atoms with Crippen LogP contribution in [0.1, 0.15) is 15.9 Å². The molecule has 0 radical (unpaired) electrons. The third-order valence-corrected chi connectivity index (χ3v) is 3.64. The van der Waals surface area contributed by atoms with Crippen molar-refractivity contribution in [3.8, 4) is 22.5 Å². The molecule has 0 fully saturated rings.